The molecule has 1 aliphatic heterocycles. The van der Waals surface area contributed by atoms with Crippen molar-refractivity contribution < 1.29 is 19.4 Å². The molecule has 0 radical (unpaired) electrons. The number of urea groups is 1. The number of hydrogen-bond donors (Lipinski definition) is 4. The first-order valence-electron chi connectivity index (χ1n) is 8.49. The van der Waals surface area contributed by atoms with E-state index in [1.165, 1.54) is 7.11 Å². The van der Waals surface area contributed by atoms with Crippen molar-refractivity contribution in [2.45, 2.75) is 51.5 Å². The van der Waals surface area contributed by atoms with Gasteiger partial charge in [-0.25, -0.2) is 4.79 Å². The molecule has 4 N–H and O–H groups in total. The van der Waals surface area contributed by atoms with E-state index in [2.05, 4.69) is 16.0 Å². The molecule has 1 fully saturated rings. The van der Waals surface area contributed by atoms with E-state index in [-0.39, 0.29) is 22.8 Å². The summed E-state index contributed by atoms with van der Waals surface area (Å²) in [7, 11) is 1.53. The largest absolute Gasteiger partial charge is 0.505 e. The molecule has 1 saturated heterocycles. The number of anilines is 1. The molecule has 138 valence electrons. The highest BCUT2D eigenvalue weighted by molar-refractivity contribution is 5.95. The zero-order chi connectivity index (χ0) is 18.6. The summed E-state index contributed by atoms with van der Waals surface area (Å²) in [5, 5.41) is 18.6. The lowest BCUT2D eigenvalue weighted by molar-refractivity contribution is -0.122. The van der Waals surface area contributed by atoms with Crippen LogP contribution >= 0.6 is 0 Å². The highest BCUT2D eigenvalue weighted by Crippen LogP contribution is 2.39. The van der Waals surface area contributed by atoms with E-state index in [0.717, 1.165) is 12.8 Å². The van der Waals surface area contributed by atoms with Crippen molar-refractivity contribution in [1.82, 2.24) is 10.6 Å². The maximum atomic E-state index is 12.3. The number of carbonyl (C=O) groups excluding carboxylic acids is 2. The Hall–Kier alpha value is -2.44. The van der Waals surface area contributed by atoms with Gasteiger partial charge in [-0.1, -0.05) is 20.8 Å². The molecule has 1 atom stereocenters. The molecule has 0 bridgehead atoms. The number of phenols is 1. The van der Waals surface area contributed by atoms with Gasteiger partial charge in [-0.3, -0.25) is 4.79 Å². The van der Waals surface area contributed by atoms with E-state index >= 15 is 0 Å². The first-order chi connectivity index (χ1) is 11.7. The van der Waals surface area contributed by atoms with Crippen molar-refractivity contribution in [3.05, 3.63) is 17.7 Å². The maximum Gasteiger partial charge on any atom is 0.319 e. The monoisotopic (exact) mass is 349 g/mol. The number of hydrogen-bond acceptors (Lipinski definition) is 4. The Morgan fingerprint density at radius 1 is 1.32 bits per heavy atom. The molecule has 1 aliphatic rings. The molecule has 7 heteroatoms. The molecule has 1 heterocycles. The first-order valence-corrected chi connectivity index (χ1v) is 8.49. The van der Waals surface area contributed by atoms with Gasteiger partial charge < -0.3 is 25.8 Å². The van der Waals surface area contributed by atoms with Crippen molar-refractivity contribution in [3.8, 4) is 11.5 Å². The number of carbonyl (C=O) groups is 2. The number of phenolic OH excluding ortho intramolecular Hbond substituents is 1. The second kappa shape index (κ2) is 7.63. The summed E-state index contributed by atoms with van der Waals surface area (Å²) in [5.41, 5.74) is 0.581. The zero-order valence-corrected chi connectivity index (χ0v) is 15.2. The van der Waals surface area contributed by atoms with Crippen LogP contribution in [0, 0.1) is 0 Å². The van der Waals surface area contributed by atoms with Crippen molar-refractivity contribution in [2.75, 3.05) is 19.0 Å². The second-order valence-electron chi connectivity index (χ2n) is 7.26. The number of benzene rings is 1. The molecule has 0 aromatic heterocycles. The van der Waals surface area contributed by atoms with Crippen LogP contribution in [0.25, 0.3) is 0 Å². The molecule has 7 nitrogen and oxygen atoms in total. The summed E-state index contributed by atoms with van der Waals surface area (Å²) in [6.45, 7) is 6.51. The minimum atomic E-state index is -0.572. The maximum absolute atomic E-state index is 12.3. The Kier molecular flexibility index (Phi) is 5.77. The third-order valence-electron chi connectivity index (χ3n) is 4.22. The average Bonchev–Trinajstić information content (AvgIpc) is 2.73. The minimum absolute atomic E-state index is 0.00577. The van der Waals surface area contributed by atoms with Gasteiger partial charge in [0.05, 0.1) is 12.8 Å². The normalized spacial score (nSPS) is 18.1. The van der Waals surface area contributed by atoms with Crippen LogP contribution in [0.2, 0.25) is 0 Å². The highest BCUT2D eigenvalue weighted by atomic mass is 16.5. The van der Waals surface area contributed by atoms with Gasteiger partial charge in [0, 0.05) is 18.2 Å². The van der Waals surface area contributed by atoms with Crippen LogP contribution in [-0.2, 0) is 10.2 Å². The molecule has 25 heavy (non-hydrogen) atoms. The molecular weight excluding hydrogens is 322 g/mol. The van der Waals surface area contributed by atoms with Crippen LogP contribution in [0.15, 0.2) is 12.1 Å². The first kappa shape index (κ1) is 18.9. The fraction of sp³-hybridized carbons (Fsp3) is 0.556. The van der Waals surface area contributed by atoms with Crippen LogP contribution in [0.1, 0.15) is 45.6 Å². The summed E-state index contributed by atoms with van der Waals surface area (Å²) < 4.78 is 5.26. The summed E-state index contributed by atoms with van der Waals surface area (Å²) in [6.07, 6.45) is 2.36. The predicted molar refractivity (Wildman–Crippen MR) is 96.2 cm³/mol. The topological polar surface area (TPSA) is 99.7 Å². The lowest BCUT2D eigenvalue weighted by Gasteiger charge is -2.23. The van der Waals surface area contributed by atoms with Crippen LogP contribution in [0.4, 0.5) is 10.5 Å². The number of rotatable bonds is 3. The summed E-state index contributed by atoms with van der Waals surface area (Å²) in [4.78, 5) is 24.2. The van der Waals surface area contributed by atoms with Crippen molar-refractivity contribution in [2.24, 2.45) is 0 Å². The van der Waals surface area contributed by atoms with Gasteiger partial charge in [-0.2, -0.15) is 0 Å². The SMILES string of the molecule is COc1cc(NC(=O)N[C@H]2CCCCNC2=O)c(O)c(C(C)(C)C)c1. The molecule has 1 aromatic carbocycles. The van der Waals surface area contributed by atoms with Crippen LogP contribution < -0.4 is 20.7 Å². The average molecular weight is 349 g/mol. The van der Waals surface area contributed by atoms with Crippen LogP contribution in [0.3, 0.4) is 0 Å². The molecule has 0 aliphatic carbocycles. The molecule has 1 aromatic rings. The quantitative estimate of drug-likeness (QED) is 0.630. The number of aromatic hydroxyl groups is 1. The predicted octanol–water partition coefficient (Wildman–Crippen LogP) is 2.49. The molecule has 2 rings (SSSR count). The molecule has 3 amide bonds. The zero-order valence-electron chi connectivity index (χ0n) is 15.2. The Morgan fingerprint density at radius 3 is 2.68 bits per heavy atom. The van der Waals surface area contributed by atoms with Crippen LogP contribution in [0.5, 0.6) is 11.5 Å². The van der Waals surface area contributed by atoms with Gasteiger partial charge >= 0.3 is 6.03 Å². The summed E-state index contributed by atoms with van der Waals surface area (Å²) >= 11 is 0. The number of ether oxygens (including phenoxy) is 1. The summed E-state index contributed by atoms with van der Waals surface area (Å²) in [6, 6.07) is 2.19. The van der Waals surface area contributed by atoms with E-state index in [9.17, 15) is 14.7 Å². The lowest BCUT2D eigenvalue weighted by atomic mass is 9.86. The number of methoxy groups -OCH3 is 1. The smallest absolute Gasteiger partial charge is 0.319 e. The second-order valence-corrected chi connectivity index (χ2v) is 7.26. The minimum Gasteiger partial charge on any atom is -0.505 e. The van der Waals surface area contributed by atoms with E-state index in [4.69, 9.17) is 4.74 Å². The summed E-state index contributed by atoms with van der Waals surface area (Å²) in [5.74, 6) is 0.344. The Labute approximate surface area is 148 Å². The van der Waals surface area contributed by atoms with E-state index in [1.54, 1.807) is 12.1 Å². The lowest BCUT2D eigenvalue weighted by Crippen LogP contribution is -2.47. The van der Waals surface area contributed by atoms with Gasteiger partial charge in [0.1, 0.15) is 17.5 Å². The number of nitrogens with one attached hydrogen (secondary N) is 3. The Balaban J connectivity index is 2.18. The Morgan fingerprint density at radius 2 is 2.04 bits per heavy atom. The molecular formula is C18H27N3O4. The van der Waals surface area contributed by atoms with Crippen molar-refractivity contribution in [3.63, 3.8) is 0 Å². The molecule has 0 unspecified atom stereocenters. The molecule has 0 saturated carbocycles. The van der Waals surface area contributed by atoms with Crippen LogP contribution in [-0.4, -0.2) is 36.7 Å². The standard InChI is InChI=1S/C18H27N3O4/c1-18(2,3)12-9-11(25-4)10-14(15(12)22)21-17(24)20-13-7-5-6-8-19-16(13)23/h9-10,13,22H,5-8H2,1-4H3,(H,19,23)(H2,20,21,24)/t13-/m0/s1. The van der Waals surface area contributed by atoms with E-state index < -0.39 is 12.1 Å². The van der Waals surface area contributed by atoms with Crippen molar-refractivity contribution >= 4 is 17.6 Å². The van der Waals surface area contributed by atoms with E-state index in [1.807, 2.05) is 20.8 Å². The Bertz CT molecular complexity index is 652. The van der Waals surface area contributed by atoms with Gasteiger partial charge in [-0.05, 0) is 30.7 Å². The molecule has 0 spiro atoms. The highest BCUT2D eigenvalue weighted by Gasteiger charge is 2.25. The van der Waals surface area contributed by atoms with Gasteiger partial charge in [0.15, 0.2) is 0 Å². The van der Waals surface area contributed by atoms with Crippen molar-refractivity contribution in [1.29, 1.82) is 0 Å². The fourth-order valence-corrected chi connectivity index (χ4v) is 2.79. The van der Waals surface area contributed by atoms with Gasteiger partial charge in [-0.15, -0.1) is 0 Å². The van der Waals surface area contributed by atoms with Gasteiger partial charge in [0.2, 0.25) is 5.91 Å². The van der Waals surface area contributed by atoms with E-state index in [0.29, 0.717) is 24.3 Å². The number of amides is 3. The fourth-order valence-electron chi connectivity index (χ4n) is 2.79. The third-order valence-corrected chi connectivity index (χ3v) is 4.22. The van der Waals surface area contributed by atoms with Gasteiger partial charge in [0.25, 0.3) is 0 Å². The third kappa shape index (κ3) is 4.78.